The van der Waals surface area contributed by atoms with E-state index in [4.69, 9.17) is 11.6 Å². The van der Waals surface area contributed by atoms with Gasteiger partial charge in [0.05, 0.1) is 12.0 Å². The molecular weight excluding hydrogens is 346 g/mol. The van der Waals surface area contributed by atoms with Crippen molar-refractivity contribution in [3.63, 3.8) is 0 Å². The molecular formula is C14H15ClF6N2. The summed E-state index contributed by atoms with van der Waals surface area (Å²) in [6.07, 6.45) is -10.7. The van der Waals surface area contributed by atoms with Crippen LogP contribution >= 0.6 is 11.6 Å². The zero-order valence-electron chi connectivity index (χ0n) is 11.9. The Morgan fingerprint density at radius 2 is 1.70 bits per heavy atom. The van der Waals surface area contributed by atoms with E-state index in [1.807, 2.05) is 0 Å². The van der Waals surface area contributed by atoms with Crippen molar-refractivity contribution >= 4 is 11.6 Å². The summed E-state index contributed by atoms with van der Waals surface area (Å²) < 4.78 is 78.4. The van der Waals surface area contributed by atoms with E-state index in [1.54, 1.807) is 0 Å². The van der Waals surface area contributed by atoms with Gasteiger partial charge in [0.25, 0.3) is 0 Å². The lowest BCUT2D eigenvalue weighted by Gasteiger charge is -2.36. The predicted octanol–water partition coefficient (Wildman–Crippen LogP) is 4.26. The fourth-order valence-corrected chi connectivity index (χ4v) is 2.89. The molecule has 1 N–H and O–H groups in total. The van der Waals surface area contributed by atoms with Crippen LogP contribution in [0, 0.1) is 0 Å². The molecule has 1 aliphatic heterocycles. The van der Waals surface area contributed by atoms with Gasteiger partial charge in [-0.3, -0.25) is 4.90 Å². The lowest BCUT2D eigenvalue weighted by Crippen LogP contribution is -2.46. The molecule has 0 aliphatic carbocycles. The van der Waals surface area contributed by atoms with Crippen LogP contribution in [0.1, 0.15) is 23.6 Å². The van der Waals surface area contributed by atoms with Gasteiger partial charge in [-0.1, -0.05) is 17.7 Å². The second kappa shape index (κ2) is 6.86. The molecule has 1 aromatic carbocycles. The highest BCUT2D eigenvalue weighted by Gasteiger charge is 2.41. The second-order valence-corrected chi connectivity index (χ2v) is 5.79. The fourth-order valence-electron chi connectivity index (χ4n) is 2.71. The summed E-state index contributed by atoms with van der Waals surface area (Å²) in [5, 5.41) is 2.81. The average molecular weight is 361 g/mol. The molecule has 9 heteroatoms. The highest BCUT2D eigenvalue weighted by Crippen LogP contribution is 2.41. The maximum absolute atomic E-state index is 13.2. The number of hydrogen-bond donors (Lipinski definition) is 1. The first-order valence-corrected chi connectivity index (χ1v) is 7.34. The standard InChI is InChI=1S/C14H15ClF6N2/c15-9-1-2-10(11(7-9)14(19,20)21)12(8-13(16,17)18)23-5-3-22-4-6-23/h1-2,7,12,22H,3-6,8H2/t12-/m0/s1. The van der Waals surface area contributed by atoms with Crippen LogP contribution in [-0.2, 0) is 6.18 Å². The number of nitrogens with zero attached hydrogens (tertiary/aromatic N) is 1. The van der Waals surface area contributed by atoms with Crippen molar-refractivity contribution in [2.24, 2.45) is 0 Å². The monoisotopic (exact) mass is 360 g/mol. The Morgan fingerprint density at radius 3 is 2.22 bits per heavy atom. The van der Waals surface area contributed by atoms with Crippen LogP contribution in [0.3, 0.4) is 0 Å². The van der Waals surface area contributed by atoms with Crippen LogP contribution < -0.4 is 5.32 Å². The minimum Gasteiger partial charge on any atom is -0.314 e. The molecule has 2 rings (SSSR count). The van der Waals surface area contributed by atoms with Gasteiger partial charge < -0.3 is 5.32 Å². The quantitative estimate of drug-likeness (QED) is 0.810. The molecule has 130 valence electrons. The molecule has 1 aliphatic rings. The Kier molecular flexibility index (Phi) is 5.48. The van der Waals surface area contributed by atoms with Gasteiger partial charge in [0.1, 0.15) is 0 Å². The SMILES string of the molecule is FC(F)(F)C[C@@H](c1ccc(Cl)cc1C(F)(F)F)N1CCNCC1. The molecule has 0 amide bonds. The largest absolute Gasteiger partial charge is 0.416 e. The molecule has 0 aromatic heterocycles. The second-order valence-electron chi connectivity index (χ2n) is 5.35. The van der Waals surface area contributed by atoms with E-state index < -0.39 is 30.4 Å². The van der Waals surface area contributed by atoms with Gasteiger partial charge >= 0.3 is 12.4 Å². The topological polar surface area (TPSA) is 15.3 Å². The molecule has 1 fully saturated rings. The number of halogens is 7. The molecule has 0 bridgehead atoms. The van der Waals surface area contributed by atoms with Crippen LogP contribution in [0.2, 0.25) is 5.02 Å². The van der Waals surface area contributed by atoms with Crippen molar-refractivity contribution in [2.45, 2.75) is 24.8 Å². The minimum absolute atomic E-state index is 0.160. The number of hydrogen-bond acceptors (Lipinski definition) is 2. The van der Waals surface area contributed by atoms with Gasteiger partial charge in [-0.05, 0) is 17.7 Å². The van der Waals surface area contributed by atoms with E-state index in [1.165, 1.54) is 11.0 Å². The summed E-state index contributed by atoms with van der Waals surface area (Å²) >= 11 is 5.60. The summed E-state index contributed by atoms with van der Waals surface area (Å²) in [7, 11) is 0. The fraction of sp³-hybridized carbons (Fsp3) is 0.571. The Hall–Kier alpha value is -0.990. The Balaban J connectivity index is 2.46. The van der Waals surface area contributed by atoms with E-state index in [0.29, 0.717) is 19.2 Å². The normalized spacial score (nSPS) is 18.9. The Labute approximate surface area is 134 Å². The number of benzene rings is 1. The lowest BCUT2D eigenvalue weighted by atomic mass is 9.95. The number of alkyl halides is 6. The molecule has 0 radical (unpaired) electrons. The first kappa shape index (κ1) is 18.4. The van der Waals surface area contributed by atoms with E-state index in [0.717, 1.165) is 6.07 Å². The van der Waals surface area contributed by atoms with Gasteiger partial charge in [-0.15, -0.1) is 0 Å². The average Bonchev–Trinajstić information content (AvgIpc) is 2.44. The van der Waals surface area contributed by atoms with E-state index in [9.17, 15) is 26.3 Å². The van der Waals surface area contributed by atoms with Crippen LogP contribution in [0.25, 0.3) is 0 Å². The third kappa shape index (κ3) is 4.99. The highest BCUT2D eigenvalue weighted by atomic mass is 35.5. The molecule has 1 heterocycles. The van der Waals surface area contributed by atoms with Crippen molar-refractivity contribution in [1.82, 2.24) is 10.2 Å². The molecule has 0 spiro atoms. The third-order valence-electron chi connectivity index (χ3n) is 3.70. The predicted molar refractivity (Wildman–Crippen MR) is 74.3 cm³/mol. The maximum Gasteiger partial charge on any atom is 0.416 e. The lowest BCUT2D eigenvalue weighted by molar-refractivity contribution is -0.153. The van der Waals surface area contributed by atoms with Crippen molar-refractivity contribution < 1.29 is 26.3 Å². The number of nitrogens with one attached hydrogen (secondary N) is 1. The van der Waals surface area contributed by atoms with Gasteiger partial charge in [0, 0.05) is 37.2 Å². The van der Waals surface area contributed by atoms with Crippen LogP contribution in [0.15, 0.2) is 18.2 Å². The van der Waals surface area contributed by atoms with Gasteiger partial charge in [-0.2, -0.15) is 26.3 Å². The van der Waals surface area contributed by atoms with Crippen molar-refractivity contribution in [3.05, 3.63) is 34.3 Å². The number of rotatable bonds is 3. The van der Waals surface area contributed by atoms with Crippen LogP contribution in [0.5, 0.6) is 0 Å². The van der Waals surface area contributed by atoms with Crippen molar-refractivity contribution in [1.29, 1.82) is 0 Å². The smallest absolute Gasteiger partial charge is 0.314 e. The van der Waals surface area contributed by atoms with E-state index >= 15 is 0 Å². The third-order valence-corrected chi connectivity index (χ3v) is 3.93. The molecule has 2 nitrogen and oxygen atoms in total. The van der Waals surface area contributed by atoms with Crippen LogP contribution in [-0.4, -0.2) is 37.3 Å². The van der Waals surface area contributed by atoms with Crippen LogP contribution in [0.4, 0.5) is 26.3 Å². The number of piperazine rings is 1. The first-order valence-electron chi connectivity index (χ1n) is 6.96. The molecule has 0 saturated carbocycles. The van der Waals surface area contributed by atoms with Gasteiger partial charge in [0.15, 0.2) is 0 Å². The summed E-state index contributed by atoms with van der Waals surface area (Å²) in [4.78, 5) is 1.43. The Morgan fingerprint density at radius 1 is 1.09 bits per heavy atom. The molecule has 1 saturated heterocycles. The molecule has 0 unspecified atom stereocenters. The van der Waals surface area contributed by atoms with E-state index in [2.05, 4.69) is 5.32 Å². The summed E-state index contributed by atoms with van der Waals surface area (Å²) in [5.74, 6) is 0. The highest BCUT2D eigenvalue weighted by molar-refractivity contribution is 6.30. The Bertz CT molecular complexity index is 537. The molecule has 1 aromatic rings. The minimum atomic E-state index is -4.77. The zero-order chi connectivity index (χ0) is 17.3. The van der Waals surface area contributed by atoms with Gasteiger partial charge in [0.2, 0.25) is 0 Å². The summed E-state index contributed by atoms with van der Waals surface area (Å²) in [5.41, 5.74) is -1.50. The van der Waals surface area contributed by atoms with Crippen molar-refractivity contribution in [2.75, 3.05) is 26.2 Å². The van der Waals surface area contributed by atoms with Crippen molar-refractivity contribution in [3.8, 4) is 0 Å². The maximum atomic E-state index is 13.2. The van der Waals surface area contributed by atoms with Gasteiger partial charge in [-0.25, -0.2) is 0 Å². The van der Waals surface area contributed by atoms with E-state index in [-0.39, 0.29) is 23.7 Å². The summed E-state index contributed by atoms with van der Waals surface area (Å²) in [6.45, 7) is 1.37. The molecule has 23 heavy (non-hydrogen) atoms. The first-order chi connectivity index (χ1) is 10.6. The zero-order valence-corrected chi connectivity index (χ0v) is 12.7. The summed E-state index contributed by atoms with van der Waals surface area (Å²) in [6, 6.07) is 1.54. The molecule has 1 atom stereocenters.